The number of thiophene rings is 1. The molecule has 9 heteroatoms. The minimum Gasteiger partial charge on any atom is -0.321 e. The number of hydrogen-bond donors (Lipinski definition) is 2. The predicted octanol–water partition coefficient (Wildman–Crippen LogP) is 7.44. The Morgan fingerprint density at radius 1 is 0.919 bits per heavy atom. The number of ketones is 1. The molecule has 1 aromatic heterocycles. The van der Waals surface area contributed by atoms with Crippen LogP contribution < -0.4 is 10.6 Å². The third-order valence-corrected chi connectivity index (χ3v) is 7.36. The lowest BCUT2D eigenvalue weighted by atomic mass is 10.1. The Bertz CT molecular complexity index is 1440. The van der Waals surface area contributed by atoms with Gasteiger partial charge >= 0.3 is 0 Å². The third-order valence-electron chi connectivity index (χ3n) is 5.10. The average Bonchev–Trinajstić information content (AvgIpc) is 3.41. The Balaban J connectivity index is 1.40. The van der Waals surface area contributed by atoms with E-state index in [9.17, 15) is 14.4 Å². The molecule has 0 saturated carbocycles. The molecule has 4 rings (SSSR count). The number of Topliss-reactive ketones (excluding diaryl/α,β-unsaturated/α-hetero) is 1. The lowest BCUT2D eigenvalue weighted by molar-refractivity contribution is -0.113. The van der Waals surface area contributed by atoms with Crippen molar-refractivity contribution in [3.8, 4) is 0 Å². The van der Waals surface area contributed by atoms with E-state index in [0.29, 0.717) is 26.9 Å². The number of benzene rings is 3. The van der Waals surface area contributed by atoms with Gasteiger partial charge in [-0.2, -0.15) is 11.3 Å². The fraction of sp³-hybridized carbons (Fsp3) is 0.0357. The molecule has 37 heavy (non-hydrogen) atoms. The molecule has 0 atom stereocenters. The smallest absolute Gasteiger partial charge is 0.272 e. The molecule has 0 spiro atoms. The normalized spacial score (nSPS) is 11.1. The van der Waals surface area contributed by atoms with Gasteiger partial charge in [0.2, 0.25) is 0 Å². The van der Waals surface area contributed by atoms with E-state index in [1.54, 1.807) is 60.7 Å². The highest BCUT2D eigenvalue weighted by atomic mass is 35.5. The summed E-state index contributed by atoms with van der Waals surface area (Å²) in [5.74, 6) is -0.745. The number of rotatable bonds is 9. The van der Waals surface area contributed by atoms with Gasteiger partial charge in [0.1, 0.15) is 5.70 Å². The molecule has 186 valence electrons. The van der Waals surface area contributed by atoms with E-state index in [2.05, 4.69) is 10.6 Å². The van der Waals surface area contributed by atoms with Crippen molar-refractivity contribution in [1.29, 1.82) is 0 Å². The second-order valence-electron chi connectivity index (χ2n) is 7.75. The van der Waals surface area contributed by atoms with Crippen LogP contribution in [0.3, 0.4) is 0 Å². The van der Waals surface area contributed by atoms with E-state index in [1.807, 2.05) is 35.0 Å². The van der Waals surface area contributed by atoms with E-state index < -0.39 is 5.91 Å². The third kappa shape index (κ3) is 7.57. The first-order chi connectivity index (χ1) is 17.9. The summed E-state index contributed by atoms with van der Waals surface area (Å²) < 4.78 is 0. The summed E-state index contributed by atoms with van der Waals surface area (Å²) in [6.07, 6.45) is 1.63. The van der Waals surface area contributed by atoms with Crippen LogP contribution in [0.4, 0.5) is 5.69 Å². The number of nitrogens with one attached hydrogen (secondary N) is 2. The highest BCUT2D eigenvalue weighted by molar-refractivity contribution is 8.00. The zero-order chi connectivity index (χ0) is 26.2. The molecule has 1 heterocycles. The Hall–Kier alpha value is -3.36. The van der Waals surface area contributed by atoms with E-state index in [4.69, 9.17) is 23.2 Å². The number of amides is 2. The summed E-state index contributed by atoms with van der Waals surface area (Å²) in [6, 6.07) is 22.4. The standard InChI is InChI=1S/C28H20Cl2N2O3S2/c29-20-6-11-23(24(30)15-20)26(33)17-37-22-9-7-21(8-10-22)31-28(35)25(14-18-12-13-36-16-18)32-27(34)19-4-2-1-3-5-19/h1-16H,17H2,(H,31,35)(H,32,34)/b25-14-. The maximum absolute atomic E-state index is 13.1. The highest BCUT2D eigenvalue weighted by Gasteiger charge is 2.16. The second kappa shape index (κ2) is 12.7. The fourth-order valence-corrected chi connectivity index (χ4v) is 5.16. The number of carbonyl (C=O) groups is 3. The van der Waals surface area contributed by atoms with Gasteiger partial charge in [-0.3, -0.25) is 14.4 Å². The Morgan fingerprint density at radius 2 is 1.68 bits per heavy atom. The molecule has 0 saturated heterocycles. The summed E-state index contributed by atoms with van der Waals surface area (Å²) in [5.41, 5.74) is 2.34. The van der Waals surface area contributed by atoms with Crippen molar-refractivity contribution in [2.75, 3.05) is 11.1 Å². The summed E-state index contributed by atoms with van der Waals surface area (Å²) in [6.45, 7) is 0. The van der Waals surface area contributed by atoms with Crippen LogP contribution in [-0.2, 0) is 4.79 Å². The van der Waals surface area contributed by atoms with E-state index in [0.717, 1.165) is 10.5 Å². The van der Waals surface area contributed by atoms with Gasteiger partial charge in [0.05, 0.1) is 10.8 Å². The van der Waals surface area contributed by atoms with Gasteiger partial charge in [0, 0.05) is 26.7 Å². The van der Waals surface area contributed by atoms with Gasteiger partial charge in [-0.1, -0.05) is 41.4 Å². The molecule has 4 aromatic rings. The van der Waals surface area contributed by atoms with Crippen LogP contribution in [0, 0.1) is 0 Å². The molecular weight excluding hydrogens is 547 g/mol. The monoisotopic (exact) mass is 566 g/mol. The highest BCUT2D eigenvalue weighted by Crippen LogP contribution is 2.26. The van der Waals surface area contributed by atoms with Crippen LogP contribution in [0.1, 0.15) is 26.3 Å². The Morgan fingerprint density at radius 3 is 2.35 bits per heavy atom. The molecule has 0 aliphatic heterocycles. The van der Waals surface area contributed by atoms with Gasteiger partial charge in [-0.15, -0.1) is 11.8 Å². The van der Waals surface area contributed by atoms with Gasteiger partial charge in [-0.25, -0.2) is 0 Å². The molecule has 0 fully saturated rings. The molecule has 0 bridgehead atoms. The maximum Gasteiger partial charge on any atom is 0.272 e. The molecular formula is C28H20Cl2N2O3S2. The number of halogens is 2. The van der Waals surface area contributed by atoms with Gasteiger partial charge in [-0.05, 0) is 83.1 Å². The first kappa shape index (κ1) is 26.7. The molecule has 2 amide bonds. The summed E-state index contributed by atoms with van der Waals surface area (Å²) >= 11 is 14.9. The van der Waals surface area contributed by atoms with Gasteiger partial charge in [0.15, 0.2) is 5.78 Å². The fourth-order valence-electron chi connectivity index (χ4n) is 3.24. The van der Waals surface area contributed by atoms with Crippen molar-refractivity contribution in [2.45, 2.75) is 4.90 Å². The number of carbonyl (C=O) groups excluding carboxylic acids is 3. The summed E-state index contributed by atoms with van der Waals surface area (Å²) in [4.78, 5) is 39.1. The van der Waals surface area contributed by atoms with Crippen LogP contribution in [0.5, 0.6) is 0 Å². The van der Waals surface area contributed by atoms with Crippen molar-refractivity contribution in [3.63, 3.8) is 0 Å². The Labute approximate surface area is 232 Å². The molecule has 0 radical (unpaired) electrons. The van der Waals surface area contributed by atoms with E-state index >= 15 is 0 Å². The van der Waals surface area contributed by atoms with Crippen LogP contribution in [0.2, 0.25) is 10.0 Å². The van der Waals surface area contributed by atoms with Gasteiger partial charge < -0.3 is 10.6 Å². The van der Waals surface area contributed by atoms with Crippen LogP contribution in [0.15, 0.2) is 100 Å². The lowest BCUT2D eigenvalue weighted by Crippen LogP contribution is -2.30. The number of thioether (sulfide) groups is 1. The molecule has 0 unspecified atom stereocenters. The van der Waals surface area contributed by atoms with E-state index in [-0.39, 0.29) is 23.1 Å². The Kier molecular flexibility index (Phi) is 9.19. The predicted molar refractivity (Wildman–Crippen MR) is 153 cm³/mol. The summed E-state index contributed by atoms with van der Waals surface area (Å²) in [7, 11) is 0. The minimum atomic E-state index is -0.455. The minimum absolute atomic E-state index is 0.110. The van der Waals surface area contributed by atoms with Crippen molar-refractivity contribution in [1.82, 2.24) is 5.32 Å². The molecule has 3 aromatic carbocycles. The molecule has 2 N–H and O–H groups in total. The van der Waals surface area contributed by atoms with Crippen molar-refractivity contribution >= 4 is 75.7 Å². The second-order valence-corrected chi connectivity index (χ2v) is 10.4. The van der Waals surface area contributed by atoms with Crippen molar-refractivity contribution < 1.29 is 14.4 Å². The van der Waals surface area contributed by atoms with Crippen LogP contribution in [-0.4, -0.2) is 23.4 Å². The topological polar surface area (TPSA) is 75.3 Å². The van der Waals surface area contributed by atoms with E-state index in [1.165, 1.54) is 23.1 Å². The lowest BCUT2D eigenvalue weighted by Gasteiger charge is -2.11. The maximum atomic E-state index is 13.1. The van der Waals surface area contributed by atoms with Gasteiger partial charge in [0.25, 0.3) is 11.8 Å². The summed E-state index contributed by atoms with van der Waals surface area (Å²) in [5, 5.41) is 10.1. The SMILES string of the molecule is O=C(Nc1ccc(SCC(=O)c2ccc(Cl)cc2Cl)cc1)/C(=C/c1ccsc1)NC(=O)c1ccccc1. The first-order valence-electron chi connectivity index (χ1n) is 11.0. The molecule has 0 aliphatic rings. The van der Waals surface area contributed by atoms with Crippen molar-refractivity contribution in [3.05, 3.63) is 122 Å². The number of anilines is 1. The zero-order valence-electron chi connectivity index (χ0n) is 19.2. The van der Waals surface area contributed by atoms with Crippen molar-refractivity contribution in [2.24, 2.45) is 0 Å². The zero-order valence-corrected chi connectivity index (χ0v) is 22.4. The quantitative estimate of drug-likeness (QED) is 0.125. The average molecular weight is 568 g/mol. The molecule has 5 nitrogen and oxygen atoms in total. The number of hydrogen-bond acceptors (Lipinski definition) is 5. The first-order valence-corrected chi connectivity index (χ1v) is 13.7. The van der Waals surface area contributed by atoms with Crippen LogP contribution in [0.25, 0.3) is 6.08 Å². The largest absolute Gasteiger partial charge is 0.321 e. The van der Waals surface area contributed by atoms with Crippen LogP contribution >= 0.6 is 46.3 Å². The molecule has 0 aliphatic carbocycles.